The van der Waals surface area contributed by atoms with E-state index in [1.54, 1.807) is 12.4 Å². The van der Waals surface area contributed by atoms with Crippen molar-refractivity contribution in [2.75, 3.05) is 0 Å². The molecule has 1 amide bonds. The van der Waals surface area contributed by atoms with Crippen molar-refractivity contribution in [3.05, 3.63) is 22.3 Å². The number of hydrogen-bond acceptors (Lipinski definition) is 4. The van der Waals surface area contributed by atoms with Crippen molar-refractivity contribution in [1.29, 1.82) is 0 Å². The highest BCUT2D eigenvalue weighted by Crippen LogP contribution is 2.48. The summed E-state index contributed by atoms with van der Waals surface area (Å²) >= 11 is 0. The van der Waals surface area contributed by atoms with Crippen LogP contribution in [-0.4, -0.2) is 21.8 Å². The van der Waals surface area contributed by atoms with Crippen molar-refractivity contribution in [1.82, 2.24) is 5.48 Å². The summed E-state index contributed by atoms with van der Waals surface area (Å²) in [5.41, 5.74) is 4.20. The first-order chi connectivity index (χ1) is 10.6. The molecule has 5 heteroatoms. The van der Waals surface area contributed by atoms with Gasteiger partial charge in [-0.3, -0.25) is 10.0 Å². The average molecular weight is 321 g/mol. The number of carbonyl (C=O) groups is 1. The van der Waals surface area contributed by atoms with Gasteiger partial charge in [0, 0.05) is 23.1 Å². The van der Waals surface area contributed by atoms with E-state index >= 15 is 0 Å². The molecule has 128 valence electrons. The van der Waals surface area contributed by atoms with Crippen molar-refractivity contribution in [2.45, 2.75) is 71.8 Å². The van der Waals surface area contributed by atoms with E-state index in [-0.39, 0.29) is 11.8 Å². The lowest BCUT2D eigenvalue weighted by Crippen LogP contribution is -2.50. The second-order valence-corrected chi connectivity index (χ2v) is 7.19. The number of rotatable bonds is 3. The molecule has 0 radical (unpaired) electrons. The Bertz CT molecular complexity index is 637. The van der Waals surface area contributed by atoms with E-state index in [0.717, 1.165) is 22.3 Å². The zero-order valence-electron chi connectivity index (χ0n) is 14.8. The van der Waals surface area contributed by atoms with Gasteiger partial charge in [-0.05, 0) is 37.7 Å². The molecule has 1 aromatic rings. The molecule has 0 saturated heterocycles. The lowest BCUT2D eigenvalue weighted by atomic mass is 9.81. The molecular weight excluding hydrogens is 294 g/mol. The molecular formula is C18H27NO4. The minimum Gasteiger partial charge on any atom is -0.507 e. The van der Waals surface area contributed by atoms with Crippen molar-refractivity contribution in [3.8, 4) is 11.5 Å². The molecule has 1 heterocycles. The second-order valence-electron chi connectivity index (χ2n) is 7.19. The van der Waals surface area contributed by atoms with E-state index in [9.17, 15) is 9.90 Å². The van der Waals surface area contributed by atoms with Gasteiger partial charge in [-0.1, -0.05) is 27.7 Å². The molecule has 5 nitrogen and oxygen atoms in total. The van der Waals surface area contributed by atoms with Crippen LogP contribution in [0.4, 0.5) is 0 Å². The Hall–Kier alpha value is -1.75. The number of ether oxygens (including phenoxy) is 1. The SMILES string of the molecule is Cc1c2c(c(C(C)C)c(O)c1C(C)C)CCC(C)(C(=O)NO)O2. The number of carbonyl (C=O) groups excluding carboxylic acids is 1. The van der Waals surface area contributed by atoms with Crippen LogP contribution in [0, 0.1) is 6.92 Å². The van der Waals surface area contributed by atoms with Crippen molar-refractivity contribution in [3.63, 3.8) is 0 Å². The van der Waals surface area contributed by atoms with E-state index in [0.29, 0.717) is 24.3 Å². The van der Waals surface area contributed by atoms with Gasteiger partial charge in [0.05, 0.1) is 0 Å². The van der Waals surface area contributed by atoms with Crippen LogP contribution in [0.2, 0.25) is 0 Å². The molecule has 1 aliphatic rings. The maximum absolute atomic E-state index is 12.0. The van der Waals surface area contributed by atoms with Gasteiger partial charge in [0.15, 0.2) is 5.60 Å². The van der Waals surface area contributed by atoms with Gasteiger partial charge in [-0.25, -0.2) is 5.48 Å². The van der Waals surface area contributed by atoms with Crippen molar-refractivity contribution >= 4 is 5.91 Å². The van der Waals surface area contributed by atoms with E-state index < -0.39 is 11.5 Å². The summed E-state index contributed by atoms with van der Waals surface area (Å²) in [5.74, 6) is 0.771. The monoisotopic (exact) mass is 321 g/mol. The molecule has 0 saturated carbocycles. The number of hydroxylamine groups is 1. The van der Waals surface area contributed by atoms with Crippen LogP contribution in [-0.2, 0) is 11.2 Å². The summed E-state index contributed by atoms with van der Waals surface area (Å²) in [7, 11) is 0. The Kier molecular flexibility index (Phi) is 4.62. The Morgan fingerprint density at radius 2 is 1.78 bits per heavy atom. The number of aromatic hydroxyl groups is 1. The molecule has 1 aliphatic heterocycles. The van der Waals surface area contributed by atoms with Gasteiger partial charge in [-0.15, -0.1) is 0 Å². The minimum atomic E-state index is -1.11. The molecule has 0 spiro atoms. The van der Waals surface area contributed by atoms with E-state index in [1.165, 1.54) is 0 Å². The number of fused-ring (bicyclic) bond motifs is 1. The fourth-order valence-corrected chi connectivity index (χ4v) is 3.57. The van der Waals surface area contributed by atoms with Gasteiger partial charge in [0.1, 0.15) is 11.5 Å². The molecule has 1 aromatic carbocycles. The normalized spacial score (nSPS) is 20.4. The third-order valence-corrected chi connectivity index (χ3v) is 4.77. The Labute approximate surface area is 137 Å². The Balaban J connectivity index is 2.70. The molecule has 0 bridgehead atoms. The molecule has 23 heavy (non-hydrogen) atoms. The summed E-state index contributed by atoms with van der Waals surface area (Å²) < 4.78 is 6.06. The largest absolute Gasteiger partial charge is 0.507 e. The zero-order chi connectivity index (χ0) is 17.5. The standard InChI is InChI=1S/C18H27NO4/c1-9(2)13-11(5)16-12(14(10(3)4)15(13)20)7-8-18(6,23-16)17(21)19-22/h9-10,20,22H,7-8H2,1-6H3,(H,19,21). The third-order valence-electron chi connectivity index (χ3n) is 4.77. The van der Waals surface area contributed by atoms with Gasteiger partial charge >= 0.3 is 0 Å². The smallest absolute Gasteiger partial charge is 0.287 e. The predicted molar refractivity (Wildman–Crippen MR) is 88.3 cm³/mol. The minimum absolute atomic E-state index is 0.140. The average Bonchev–Trinajstić information content (AvgIpc) is 2.46. The second kappa shape index (κ2) is 6.04. The quantitative estimate of drug-likeness (QED) is 0.588. The first kappa shape index (κ1) is 17.6. The maximum Gasteiger partial charge on any atom is 0.287 e. The number of benzene rings is 1. The molecule has 1 atom stereocenters. The molecule has 0 fully saturated rings. The molecule has 0 aromatic heterocycles. The molecule has 1 unspecified atom stereocenters. The predicted octanol–water partition coefficient (Wildman–Crippen LogP) is 3.54. The van der Waals surface area contributed by atoms with Crippen LogP contribution in [0.5, 0.6) is 11.5 Å². The summed E-state index contributed by atoms with van der Waals surface area (Å²) in [6.45, 7) is 11.7. The highest BCUT2D eigenvalue weighted by molar-refractivity contribution is 5.84. The first-order valence-electron chi connectivity index (χ1n) is 8.15. The molecule has 2 rings (SSSR count). The molecule has 0 aliphatic carbocycles. The Morgan fingerprint density at radius 3 is 2.26 bits per heavy atom. The lowest BCUT2D eigenvalue weighted by molar-refractivity contribution is -0.145. The third kappa shape index (κ3) is 2.78. The van der Waals surface area contributed by atoms with Gasteiger partial charge < -0.3 is 9.84 Å². The highest BCUT2D eigenvalue weighted by Gasteiger charge is 2.41. The van der Waals surface area contributed by atoms with E-state index in [4.69, 9.17) is 9.94 Å². The van der Waals surface area contributed by atoms with Crippen LogP contribution in [0.3, 0.4) is 0 Å². The summed E-state index contributed by atoms with van der Waals surface area (Å²) in [4.78, 5) is 12.0. The number of hydrogen-bond donors (Lipinski definition) is 3. The van der Waals surface area contributed by atoms with Crippen LogP contribution in [0.15, 0.2) is 0 Å². The zero-order valence-corrected chi connectivity index (χ0v) is 14.8. The fourth-order valence-electron chi connectivity index (χ4n) is 3.57. The lowest BCUT2D eigenvalue weighted by Gasteiger charge is -2.37. The summed E-state index contributed by atoms with van der Waals surface area (Å²) in [6.07, 6.45) is 1.07. The van der Waals surface area contributed by atoms with E-state index in [1.807, 2.05) is 34.6 Å². The highest BCUT2D eigenvalue weighted by atomic mass is 16.5. The van der Waals surface area contributed by atoms with Gasteiger partial charge in [-0.2, -0.15) is 0 Å². The van der Waals surface area contributed by atoms with Crippen molar-refractivity contribution in [2.24, 2.45) is 0 Å². The maximum atomic E-state index is 12.0. The number of nitrogens with one attached hydrogen (secondary N) is 1. The fraction of sp³-hybridized carbons (Fsp3) is 0.611. The number of phenols is 1. The Morgan fingerprint density at radius 1 is 1.22 bits per heavy atom. The van der Waals surface area contributed by atoms with Crippen LogP contribution < -0.4 is 10.2 Å². The summed E-state index contributed by atoms with van der Waals surface area (Å²) in [6, 6.07) is 0. The molecule has 3 N–H and O–H groups in total. The van der Waals surface area contributed by atoms with Gasteiger partial charge in [0.25, 0.3) is 5.91 Å². The first-order valence-corrected chi connectivity index (χ1v) is 8.15. The number of amides is 1. The summed E-state index contributed by atoms with van der Waals surface area (Å²) in [5, 5.41) is 19.8. The van der Waals surface area contributed by atoms with E-state index in [2.05, 4.69) is 0 Å². The van der Waals surface area contributed by atoms with Gasteiger partial charge in [0.2, 0.25) is 0 Å². The number of phenolic OH excluding ortho intramolecular Hbond substituents is 1. The van der Waals surface area contributed by atoms with Crippen molar-refractivity contribution < 1.29 is 19.8 Å². The topological polar surface area (TPSA) is 78.8 Å². The van der Waals surface area contributed by atoms with Crippen LogP contribution in [0.1, 0.15) is 75.1 Å². The van der Waals surface area contributed by atoms with Crippen LogP contribution in [0.25, 0.3) is 0 Å². The van der Waals surface area contributed by atoms with Crippen LogP contribution >= 0.6 is 0 Å².